The van der Waals surface area contributed by atoms with E-state index in [9.17, 15) is 26.8 Å². The number of likely N-dealkylation sites (N-methyl/N-ethyl adjacent to an activating group) is 1. The third-order valence-corrected chi connectivity index (χ3v) is 8.09. The number of sulfone groups is 1. The Balaban J connectivity index is 1.77. The molecule has 0 radical (unpaired) electrons. The zero-order chi connectivity index (χ0) is 28.2. The van der Waals surface area contributed by atoms with Crippen molar-refractivity contribution in [3.05, 3.63) is 112 Å². The molecule has 0 aliphatic rings. The van der Waals surface area contributed by atoms with Crippen molar-refractivity contribution < 1.29 is 22.0 Å². The number of carbonyl (C=O) groups is 1. The van der Waals surface area contributed by atoms with Crippen LogP contribution in [0.2, 0.25) is 0 Å². The van der Waals surface area contributed by atoms with Crippen LogP contribution >= 0.6 is 0 Å². The summed E-state index contributed by atoms with van der Waals surface area (Å²) in [5.41, 5.74) is 1.04. The third-order valence-electron chi connectivity index (χ3n) is 6.32. The predicted octanol–water partition coefficient (Wildman–Crippen LogP) is 4.61. The van der Waals surface area contributed by atoms with Crippen LogP contribution in [0.15, 0.2) is 99.5 Å². The molecule has 7 nitrogen and oxygen atoms in total. The van der Waals surface area contributed by atoms with Crippen LogP contribution in [0.1, 0.15) is 18.9 Å². The van der Waals surface area contributed by atoms with Crippen LogP contribution in [0.25, 0.3) is 11.3 Å². The normalized spacial score (nSPS) is 12.2. The fourth-order valence-corrected chi connectivity index (χ4v) is 5.52. The number of aromatic nitrogens is 1. The van der Waals surface area contributed by atoms with E-state index >= 15 is 0 Å². The Bertz CT molecular complexity index is 1650. The second kappa shape index (κ2) is 11.7. The summed E-state index contributed by atoms with van der Waals surface area (Å²) >= 11 is 0. The van der Waals surface area contributed by atoms with Crippen LogP contribution in [0.4, 0.5) is 14.5 Å². The summed E-state index contributed by atoms with van der Waals surface area (Å²) in [5.74, 6) is -1.36. The number of rotatable bonds is 9. The zero-order valence-electron chi connectivity index (χ0n) is 21.3. The highest BCUT2D eigenvalue weighted by Crippen LogP contribution is 2.24. The van der Waals surface area contributed by atoms with Gasteiger partial charge < -0.3 is 15.2 Å². The molecule has 0 fully saturated rings. The molecule has 1 unspecified atom stereocenters. The van der Waals surface area contributed by atoms with E-state index in [1.54, 1.807) is 25.2 Å². The van der Waals surface area contributed by atoms with Gasteiger partial charge in [-0.3, -0.25) is 9.59 Å². The molecule has 3 aromatic carbocycles. The number of hydrogen-bond donors (Lipinski definition) is 2. The van der Waals surface area contributed by atoms with Crippen LogP contribution in [-0.4, -0.2) is 32.0 Å². The highest BCUT2D eigenvalue weighted by Gasteiger charge is 2.20. The van der Waals surface area contributed by atoms with Gasteiger partial charge in [0, 0.05) is 0 Å². The van der Waals surface area contributed by atoms with Gasteiger partial charge in [0.1, 0.15) is 17.3 Å². The van der Waals surface area contributed by atoms with Gasteiger partial charge in [-0.25, -0.2) is 17.2 Å². The standard InChI is InChI=1S/C29H27F2N3O4S/c1-3-25(32-2)28(35)33-26-15-16-27(20-7-9-21(30)10-8-20)34(29(26)36)18-19-5-4-6-24(17-19)39(37,38)23-13-11-22(31)12-14-23/h4-17,25,32H,3,18H2,1-2H3,(H,33,35). The van der Waals surface area contributed by atoms with Gasteiger partial charge in [0.05, 0.1) is 28.1 Å². The Morgan fingerprint density at radius 3 is 2.15 bits per heavy atom. The molecule has 1 amide bonds. The number of pyridine rings is 1. The van der Waals surface area contributed by atoms with Gasteiger partial charge in [-0.1, -0.05) is 19.1 Å². The van der Waals surface area contributed by atoms with E-state index in [1.165, 1.54) is 59.2 Å². The molecule has 2 N–H and O–H groups in total. The number of hydrogen-bond acceptors (Lipinski definition) is 5. The molecule has 1 heterocycles. The second-order valence-corrected chi connectivity index (χ2v) is 10.8. The van der Waals surface area contributed by atoms with Crippen molar-refractivity contribution in [3.8, 4) is 11.3 Å². The molecule has 0 saturated heterocycles. The molecule has 0 aliphatic heterocycles. The van der Waals surface area contributed by atoms with Gasteiger partial charge in [-0.05, 0) is 97.4 Å². The lowest BCUT2D eigenvalue weighted by Crippen LogP contribution is -2.39. The van der Waals surface area contributed by atoms with Crippen LogP contribution in [0.3, 0.4) is 0 Å². The number of nitrogens with zero attached hydrogens (tertiary/aromatic N) is 1. The second-order valence-electron chi connectivity index (χ2n) is 8.87. The number of benzene rings is 3. The van der Waals surface area contributed by atoms with E-state index in [4.69, 9.17) is 0 Å². The van der Waals surface area contributed by atoms with Crippen LogP contribution < -0.4 is 16.2 Å². The average Bonchev–Trinajstić information content (AvgIpc) is 2.93. The molecule has 4 aromatic rings. The molecule has 0 spiro atoms. The molecule has 10 heteroatoms. The maximum absolute atomic E-state index is 13.6. The lowest BCUT2D eigenvalue weighted by atomic mass is 10.1. The number of anilines is 1. The summed E-state index contributed by atoms with van der Waals surface area (Å²) in [6.07, 6.45) is 0.513. The Morgan fingerprint density at radius 1 is 0.897 bits per heavy atom. The van der Waals surface area contributed by atoms with E-state index in [-0.39, 0.29) is 27.9 Å². The first kappa shape index (κ1) is 27.9. The minimum absolute atomic E-state index is 0.0211. The van der Waals surface area contributed by atoms with E-state index in [2.05, 4.69) is 10.6 Å². The highest BCUT2D eigenvalue weighted by atomic mass is 32.2. The van der Waals surface area contributed by atoms with Crippen molar-refractivity contribution in [3.63, 3.8) is 0 Å². The fraction of sp³-hybridized carbons (Fsp3) is 0.172. The van der Waals surface area contributed by atoms with Crippen molar-refractivity contribution in [1.29, 1.82) is 0 Å². The van der Waals surface area contributed by atoms with Crippen LogP contribution in [-0.2, 0) is 21.2 Å². The van der Waals surface area contributed by atoms with E-state index in [0.717, 1.165) is 12.1 Å². The molecule has 1 atom stereocenters. The summed E-state index contributed by atoms with van der Waals surface area (Å²) < 4.78 is 54.6. The van der Waals surface area contributed by atoms with Crippen molar-refractivity contribution in [2.24, 2.45) is 0 Å². The topological polar surface area (TPSA) is 97.3 Å². The first-order valence-electron chi connectivity index (χ1n) is 12.2. The van der Waals surface area contributed by atoms with Gasteiger partial charge >= 0.3 is 0 Å². The minimum atomic E-state index is -3.95. The monoisotopic (exact) mass is 551 g/mol. The first-order chi connectivity index (χ1) is 18.6. The Morgan fingerprint density at radius 2 is 1.54 bits per heavy atom. The summed E-state index contributed by atoms with van der Waals surface area (Å²) in [6.45, 7) is 1.80. The van der Waals surface area contributed by atoms with E-state index in [0.29, 0.717) is 23.2 Å². The lowest BCUT2D eigenvalue weighted by Gasteiger charge is -2.18. The Labute approximate surface area is 225 Å². The summed E-state index contributed by atoms with van der Waals surface area (Å²) in [6, 6.07) is 18.9. The lowest BCUT2D eigenvalue weighted by molar-refractivity contribution is -0.118. The maximum Gasteiger partial charge on any atom is 0.275 e. The van der Waals surface area contributed by atoms with Gasteiger partial charge in [0.25, 0.3) is 5.56 Å². The molecular weight excluding hydrogens is 524 g/mol. The summed E-state index contributed by atoms with van der Waals surface area (Å²) in [4.78, 5) is 26.2. The first-order valence-corrected chi connectivity index (χ1v) is 13.7. The maximum atomic E-state index is 13.6. The van der Waals surface area contributed by atoms with Gasteiger partial charge in [0.2, 0.25) is 15.7 Å². The van der Waals surface area contributed by atoms with Crippen molar-refractivity contribution in [2.75, 3.05) is 12.4 Å². The molecule has 202 valence electrons. The third kappa shape index (κ3) is 6.13. The minimum Gasteiger partial charge on any atom is -0.320 e. The molecule has 1 aromatic heterocycles. The van der Waals surface area contributed by atoms with Crippen molar-refractivity contribution in [1.82, 2.24) is 9.88 Å². The zero-order valence-corrected chi connectivity index (χ0v) is 22.1. The summed E-state index contributed by atoms with van der Waals surface area (Å²) in [7, 11) is -2.30. The van der Waals surface area contributed by atoms with Gasteiger partial charge in [-0.15, -0.1) is 0 Å². The van der Waals surface area contributed by atoms with E-state index in [1.807, 2.05) is 6.92 Å². The van der Waals surface area contributed by atoms with Crippen LogP contribution in [0, 0.1) is 11.6 Å². The predicted molar refractivity (Wildman–Crippen MR) is 145 cm³/mol. The Hall–Kier alpha value is -4.15. The van der Waals surface area contributed by atoms with Gasteiger partial charge in [0.15, 0.2) is 0 Å². The molecule has 4 rings (SSSR count). The summed E-state index contributed by atoms with van der Waals surface area (Å²) in [5, 5.41) is 5.56. The molecule has 0 aliphatic carbocycles. The molecular formula is C29H27F2N3O4S. The molecule has 0 bridgehead atoms. The number of carbonyl (C=O) groups excluding carboxylic acids is 1. The van der Waals surface area contributed by atoms with Crippen molar-refractivity contribution in [2.45, 2.75) is 35.7 Å². The SMILES string of the molecule is CCC(NC)C(=O)Nc1ccc(-c2ccc(F)cc2)n(Cc2cccc(S(=O)(=O)c3ccc(F)cc3)c2)c1=O. The quantitative estimate of drug-likeness (QED) is 0.296. The number of halogens is 2. The smallest absolute Gasteiger partial charge is 0.275 e. The molecule has 0 saturated carbocycles. The number of amides is 1. The van der Waals surface area contributed by atoms with E-state index < -0.39 is 33.1 Å². The van der Waals surface area contributed by atoms with Crippen LogP contribution in [0.5, 0.6) is 0 Å². The van der Waals surface area contributed by atoms with Gasteiger partial charge in [-0.2, -0.15) is 0 Å². The fourth-order valence-electron chi connectivity index (χ4n) is 4.19. The Kier molecular flexibility index (Phi) is 8.37. The largest absolute Gasteiger partial charge is 0.320 e. The molecule has 39 heavy (non-hydrogen) atoms. The number of nitrogens with one attached hydrogen (secondary N) is 2. The average molecular weight is 552 g/mol. The van der Waals surface area contributed by atoms with Crippen molar-refractivity contribution >= 4 is 21.4 Å². The highest BCUT2D eigenvalue weighted by molar-refractivity contribution is 7.91.